The SMILES string of the molecule is COc1cnc(Cl)cc1-c1cc(C)ncc1C(=O)Nc1nc2cnc(N3CC(OC)C3)nc2s1. The zero-order valence-corrected chi connectivity index (χ0v) is 20.1. The van der Waals surface area contributed by atoms with Gasteiger partial charge in [-0.3, -0.25) is 15.1 Å². The largest absolute Gasteiger partial charge is 0.494 e. The first kappa shape index (κ1) is 22.4. The molecule has 5 rings (SSSR count). The van der Waals surface area contributed by atoms with E-state index in [4.69, 9.17) is 21.1 Å². The standard InChI is InChI=1S/C22H20ClN7O3S/c1-11-4-13(14-5-18(23)25-8-17(14)33-3)15(6-24-11)19(31)28-22-27-16-7-26-21(29-20(16)34-22)30-9-12(10-30)32-2/h4-8,12H,9-10H2,1-3H3,(H,27,28,31). The number of halogens is 1. The molecule has 4 aromatic heterocycles. The Hall–Kier alpha value is -3.41. The van der Waals surface area contributed by atoms with Crippen molar-refractivity contribution in [3.8, 4) is 16.9 Å². The predicted molar refractivity (Wildman–Crippen MR) is 130 cm³/mol. The number of nitrogens with one attached hydrogen (secondary N) is 1. The van der Waals surface area contributed by atoms with E-state index in [0.717, 1.165) is 18.8 Å². The fraction of sp³-hybridized carbons (Fsp3) is 0.273. The summed E-state index contributed by atoms with van der Waals surface area (Å²) >= 11 is 7.40. The number of amides is 1. The molecule has 0 spiro atoms. The third kappa shape index (κ3) is 4.25. The highest BCUT2D eigenvalue weighted by atomic mass is 35.5. The van der Waals surface area contributed by atoms with E-state index in [1.807, 2.05) is 11.8 Å². The maximum absolute atomic E-state index is 13.2. The Morgan fingerprint density at radius 3 is 2.71 bits per heavy atom. The summed E-state index contributed by atoms with van der Waals surface area (Å²) in [5, 5.41) is 3.56. The zero-order valence-electron chi connectivity index (χ0n) is 18.6. The number of aryl methyl sites for hydroxylation is 1. The Balaban J connectivity index is 1.43. The van der Waals surface area contributed by atoms with Crippen LogP contribution in [0.4, 0.5) is 11.1 Å². The van der Waals surface area contributed by atoms with Crippen LogP contribution in [-0.4, -0.2) is 64.2 Å². The van der Waals surface area contributed by atoms with E-state index in [0.29, 0.717) is 43.9 Å². The smallest absolute Gasteiger partial charge is 0.259 e. The van der Waals surface area contributed by atoms with Gasteiger partial charge >= 0.3 is 0 Å². The fourth-order valence-corrected chi connectivity index (χ4v) is 4.56. The lowest BCUT2D eigenvalue weighted by Gasteiger charge is -2.37. The van der Waals surface area contributed by atoms with Gasteiger partial charge in [0.1, 0.15) is 16.4 Å². The van der Waals surface area contributed by atoms with Gasteiger partial charge in [-0.05, 0) is 19.1 Å². The second-order valence-electron chi connectivity index (χ2n) is 7.67. The van der Waals surface area contributed by atoms with Crippen LogP contribution in [0.5, 0.6) is 5.75 Å². The third-order valence-electron chi connectivity index (χ3n) is 5.45. The molecule has 0 saturated carbocycles. The van der Waals surface area contributed by atoms with Gasteiger partial charge < -0.3 is 14.4 Å². The first-order chi connectivity index (χ1) is 16.4. The molecule has 34 heavy (non-hydrogen) atoms. The van der Waals surface area contributed by atoms with Crippen molar-refractivity contribution >= 4 is 50.3 Å². The highest BCUT2D eigenvalue weighted by molar-refractivity contribution is 7.22. The van der Waals surface area contributed by atoms with Crippen molar-refractivity contribution in [3.63, 3.8) is 0 Å². The molecule has 0 bridgehead atoms. The van der Waals surface area contributed by atoms with Gasteiger partial charge in [0.2, 0.25) is 5.95 Å². The van der Waals surface area contributed by atoms with Crippen LogP contribution in [0, 0.1) is 6.92 Å². The molecular weight excluding hydrogens is 478 g/mol. The fourth-order valence-electron chi connectivity index (χ4n) is 3.60. The first-order valence-corrected chi connectivity index (χ1v) is 11.5. The minimum Gasteiger partial charge on any atom is -0.494 e. The van der Waals surface area contributed by atoms with Crippen LogP contribution >= 0.6 is 22.9 Å². The van der Waals surface area contributed by atoms with Crippen molar-refractivity contribution in [2.75, 3.05) is 37.5 Å². The zero-order chi connectivity index (χ0) is 23.8. The lowest BCUT2D eigenvalue weighted by atomic mass is 10.0. The molecular formula is C22H20ClN7O3S. The Labute approximate surface area is 204 Å². The number of nitrogens with zero attached hydrogens (tertiary/aromatic N) is 6. The molecule has 4 aromatic rings. The number of hydrogen-bond acceptors (Lipinski definition) is 10. The van der Waals surface area contributed by atoms with Crippen LogP contribution < -0.4 is 15.0 Å². The monoisotopic (exact) mass is 497 g/mol. The maximum Gasteiger partial charge on any atom is 0.259 e. The highest BCUT2D eigenvalue weighted by Gasteiger charge is 2.29. The van der Waals surface area contributed by atoms with Crippen molar-refractivity contribution in [1.82, 2.24) is 24.9 Å². The van der Waals surface area contributed by atoms with Crippen molar-refractivity contribution < 1.29 is 14.3 Å². The van der Waals surface area contributed by atoms with E-state index in [-0.39, 0.29) is 17.2 Å². The molecule has 0 aliphatic carbocycles. The van der Waals surface area contributed by atoms with Gasteiger partial charge in [-0.2, -0.15) is 4.98 Å². The van der Waals surface area contributed by atoms with Crippen LogP contribution in [0.15, 0.2) is 30.7 Å². The Kier molecular flexibility index (Phi) is 5.98. The number of aromatic nitrogens is 5. The molecule has 0 unspecified atom stereocenters. The summed E-state index contributed by atoms with van der Waals surface area (Å²) in [7, 11) is 3.23. The molecule has 1 N–H and O–H groups in total. The molecule has 0 radical (unpaired) electrons. The van der Waals surface area contributed by atoms with Crippen LogP contribution in [-0.2, 0) is 4.74 Å². The van der Waals surface area contributed by atoms with E-state index in [2.05, 4.69) is 30.2 Å². The van der Waals surface area contributed by atoms with Crippen LogP contribution in [0.1, 0.15) is 16.1 Å². The number of fused-ring (bicyclic) bond motifs is 1. The Morgan fingerprint density at radius 1 is 1.12 bits per heavy atom. The van der Waals surface area contributed by atoms with Crippen LogP contribution in [0.25, 0.3) is 21.5 Å². The number of thiazole rings is 1. The number of rotatable bonds is 6. The van der Waals surface area contributed by atoms with E-state index >= 15 is 0 Å². The van der Waals surface area contributed by atoms with E-state index in [9.17, 15) is 4.79 Å². The summed E-state index contributed by atoms with van der Waals surface area (Å²) in [6.07, 6.45) is 4.90. The summed E-state index contributed by atoms with van der Waals surface area (Å²) in [4.78, 5) is 37.8. The molecule has 0 atom stereocenters. The topological polar surface area (TPSA) is 115 Å². The summed E-state index contributed by atoms with van der Waals surface area (Å²) in [5.41, 5.74) is 2.97. The van der Waals surface area contributed by atoms with E-state index < -0.39 is 0 Å². The molecule has 1 saturated heterocycles. The number of carbonyl (C=O) groups excluding carboxylic acids is 1. The van der Waals surface area contributed by atoms with Crippen molar-refractivity contribution in [2.45, 2.75) is 13.0 Å². The number of pyridine rings is 2. The van der Waals surface area contributed by atoms with E-state index in [1.165, 1.54) is 30.8 Å². The average Bonchev–Trinajstić information content (AvgIpc) is 3.19. The number of anilines is 2. The number of methoxy groups -OCH3 is 2. The van der Waals surface area contributed by atoms with Gasteiger partial charge in [0.25, 0.3) is 5.91 Å². The lowest BCUT2D eigenvalue weighted by molar-refractivity contribution is 0.0778. The molecule has 12 heteroatoms. The Bertz CT molecular complexity index is 1390. The van der Waals surface area contributed by atoms with Gasteiger partial charge in [0.15, 0.2) is 9.96 Å². The normalized spacial score (nSPS) is 13.7. The van der Waals surface area contributed by atoms with Gasteiger partial charge in [-0.15, -0.1) is 0 Å². The second kappa shape index (κ2) is 9.09. The molecule has 1 amide bonds. The van der Waals surface area contributed by atoms with Crippen LogP contribution in [0.3, 0.4) is 0 Å². The molecule has 1 fully saturated rings. The van der Waals surface area contributed by atoms with Crippen molar-refractivity contribution in [1.29, 1.82) is 0 Å². The maximum atomic E-state index is 13.2. The molecule has 5 heterocycles. The molecule has 10 nitrogen and oxygen atoms in total. The lowest BCUT2D eigenvalue weighted by Crippen LogP contribution is -2.52. The number of hydrogen-bond donors (Lipinski definition) is 1. The van der Waals surface area contributed by atoms with Crippen molar-refractivity contribution in [2.24, 2.45) is 0 Å². The number of carbonyl (C=O) groups is 1. The summed E-state index contributed by atoms with van der Waals surface area (Å²) in [5.74, 6) is 0.748. The first-order valence-electron chi connectivity index (χ1n) is 10.3. The third-order valence-corrected chi connectivity index (χ3v) is 6.54. The van der Waals surface area contributed by atoms with Gasteiger partial charge in [-0.1, -0.05) is 22.9 Å². The number of ether oxygens (including phenoxy) is 2. The van der Waals surface area contributed by atoms with Crippen molar-refractivity contribution in [3.05, 3.63) is 47.1 Å². The second-order valence-corrected chi connectivity index (χ2v) is 9.04. The summed E-state index contributed by atoms with van der Waals surface area (Å²) in [6.45, 7) is 3.34. The van der Waals surface area contributed by atoms with E-state index in [1.54, 1.807) is 25.4 Å². The molecule has 0 aromatic carbocycles. The summed E-state index contributed by atoms with van der Waals surface area (Å²) in [6, 6.07) is 3.46. The highest BCUT2D eigenvalue weighted by Crippen LogP contribution is 2.34. The molecule has 174 valence electrons. The summed E-state index contributed by atoms with van der Waals surface area (Å²) < 4.78 is 10.7. The molecule has 1 aliphatic rings. The Morgan fingerprint density at radius 2 is 1.94 bits per heavy atom. The average molecular weight is 498 g/mol. The quantitative estimate of drug-likeness (QED) is 0.399. The minimum absolute atomic E-state index is 0.196. The van der Waals surface area contributed by atoms with Gasteiger partial charge in [0.05, 0.1) is 31.2 Å². The molecule has 1 aliphatic heterocycles. The van der Waals surface area contributed by atoms with Crippen LogP contribution in [0.2, 0.25) is 5.15 Å². The minimum atomic E-state index is -0.365. The predicted octanol–water partition coefficient (Wildman–Crippen LogP) is 3.60. The van der Waals surface area contributed by atoms with Gasteiger partial charge in [0, 0.05) is 43.2 Å². The van der Waals surface area contributed by atoms with Gasteiger partial charge in [-0.25, -0.2) is 15.0 Å².